The molecule has 144 valence electrons. The van der Waals surface area contributed by atoms with Gasteiger partial charge in [-0.2, -0.15) is 0 Å². The van der Waals surface area contributed by atoms with Gasteiger partial charge in [0.1, 0.15) is 11.9 Å². The van der Waals surface area contributed by atoms with E-state index in [2.05, 4.69) is 20.9 Å². The van der Waals surface area contributed by atoms with E-state index in [0.717, 1.165) is 44.1 Å². The predicted molar refractivity (Wildman–Crippen MR) is 106 cm³/mol. The highest BCUT2D eigenvalue weighted by molar-refractivity contribution is 5.80. The van der Waals surface area contributed by atoms with Crippen LogP contribution in [0.2, 0.25) is 0 Å². The van der Waals surface area contributed by atoms with E-state index >= 15 is 0 Å². The molecule has 0 bridgehead atoms. The highest BCUT2D eigenvalue weighted by Gasteiger charge is 2.22. The number of nitrogens with zero attached hydrogens (tertiary/aromatic N) is 1. The maximum Gasteiger partial charge on any atom is 0.220 e. The molecule has 1 atom stereocenters. The molecule has 1 saturated carbocycles. The molecule has 6 nitrogen and oxygen atoms in total. The summed E-state index contributed by atoms with van der Waals surface area (Å²) in [6.45, 7) is 8.17. The zero-order chi connectivity index (χ0) is 18.8. The molecular formula is C20H32N4O2. The number of carbonyl (C=O) groups excluding carboxylic acids is 1. The van der Waals surface area contributed by atoms with Crippen LogP contribution in [-0.2, 0) is 4.79 Å². The largest absolute Gasteiger partial charge is 0.489 e. The van der Waals surface area contributed by atoms with Gasteiger partial charge in [-0.1, -0.05) is 12.1 Å². The van der Waals surface area contributed by atoms with Crippen LogP contribution >= 0.6 is 0 Å². The minimum atomic E-state index is -0.0171. The van der Waals surface area contributed by atoms with Gasteiger partial charge >= 0.3 is 0 Å². The number of rotatable bonds is 10. The summed E-state index contributed by atoms with van der Waals surface area (Å²) in [5, 5.41) is 9.51. The maximum atomic E-state index is 11.7. The van der Waals surface area contributed by atoms with Crippen molar-refractivity contribution in [2.75, 3.05) is 19.6 Å². The molecule has 6 heteroatoms. The van der Waals surface area contributed by atoms with Gasteiger partial charge in [0.15, 0.2) is 5.96 Å². The van der Waals surface area contributed by atoms with Gasteiger partial charge in [0, 0.05) is 25.6 Å². The molecular weight excluding hydrogens is 328 g/mol. The number of hydrogen-bond acceptors (Lipinski definition) is 3. The first-order chi connectivity index (χ1) is 12.6. The molecule has 0 aliphatic heterocycles. The van der Waals surface area contributed by atoms with Crippen molar-refractivity contribution in [3.05, 3.63) is 29.8 Å². The fourth-order valence-corrected chi connectivity index (χ4v) is 2.50. The van der Waals surface area contributed by atoms with Gasteiger partial charge in [-0.3, -0.25) is 4.79 Å². The Kier molecular flexibility index (Phi) is 8.25. The van der Waals surface area contributed by atoms with Gasteiger partial charge < -0.3 is 20.7 Å². The SMILES string of the molecule is CCNC(=NCC(C)Oc1cccc(C)c1)NCCCC(=O)NC1CC1. The van der Waals surface area contributed by atoms with Gasteiger partial charge in [0.05, 0.1) is 6.54 Å². The van der Waals surface area contributed by atoms with Crippen LogP contribution in [0, 0.1) is 6.92 Å². The van der Waals surface area contributed by atoms with Crippen molar-refractivity contribution in [1.82, 2.24) is 16.0 Å². The lowest BCUT2D eigenvalue weighted by atomic mass is 10.2. The summed E-state index contributed by atoms with van der Waals surface area (Å²) >= 11 is 0. The Labute approximate surface area is 156 Å². The lowest BCUT2D eigenvalue weighted by molar-refractivity contribution is -0.121. The summed E-state index contributed by atoms with van der Waals surface area (Å²) in [4.78, 5) is 16.3. The van der Waals surface area contributed by atoms with E-state index in [4.69, 9.17) is 4.74 Å². The number of hydrogen-bond donors (Lipinski definition) is 3. The number of aryl methyl sites for hydroxylation is 1. The average molecular weight is 361 g/mol. The van der Waals surface area contributed by atoms with Crippen molar-refractivity contribution in [2.45, 2.75) is 58.6 Å². The molecule has 1 unspecified atom stereocenters. The van der Waals surface area contributed by atoms with E-state index in [9.17, 15) is 4.79 Å². The smallest absolute Gasteiger partial charge is 0.220 e. The molecule has 0 heterocycles. The molecule has 1 aromatic rings. The van der Waals surface area contributed by atoms with Crippen molar-refractivity contribution < 1.29 is 9.53 Å². The number of benzene rings is 1. The number of guanidine groups is 1. The standard InChI is InChI=1S/C20H32N4O2/c1-4-21-20(22-12-6-9-19(25)24-17-10-11-17)23-14-16(3)26-18-8-5-7-15(2)13-18/h5,7-8,13,16-17H,4,6,9-12,14H2,1-3H3,(H,24,25)(H2,21,22,23). The number of aliphatic imine (C=N–C) groups is 1. The maximum absolute atomic E-state index is 11.7. The molecule has 1 aliphatic carbocycles. The minimum absolute atomic E-state index is 0.0171. The van der Waals surface area contributed by atoms with Crippen molar-refractivity contribution >= 4 is 11.9 Å². The third kappa shape index (κ3) is 8.23. The Balaban J connectivity index is 1.69. The second kappa shape index (κ2) is 10.7. The highest BCUT2D eigenvalue weighted by atomic mass is 16.5. The molecule has 1 fully saturated rings. The third-order valence-corrected chi connectivity index (χ3v) is 3.99. The highest BCUT2D eigenvalue weighted by Crippen LogP contribution is 2.18. The average Bonchev–Trinajstić information content (AvgIpc) is 3.40. The van der Waals surface area contributed by atoms with E-state index in [1.165, 1.54) is 5.56 Å². The topological polar surface area (TPSA) is 74.8 Å². The molecule has 0 spiro atoms. The molecule has 1 aromatic carbocycles. The van der Waals surface area contributed by atoms with Gasteiger partial charge in [-0.05, 0) is 57.7 Å². The van der Waals surface area contributed by atoms with Gasteiger partial charge in [-0.25, -0.2) is 4.99 Å². The Morgan fingerprint density at radius 2 is 2.15 bits per heavy atom. The number of carbonyl (C=O) groups is 1. The molecule has 3 N–H and O–H groups in total. The summed E-state index contributed by atoms with van der Waals surface area (Å²) in [7, 11) is 0. The molecule has 1 aliphatic rings. The summed E-state index contributed by atoms with van der Waals surface area (Å²) in [6.07, 6.45) is 3.58. The summed E-state index contributed by atoms with van der Waals surface area (Å²) < 4.78 is 5.91. The first-order valence-electron chi connectivity index (χ1n) is 9.61. The lowest BCUT2D eigenvalue weighted by Crippen LogP contribution is -2.39. The number of ether oxygens (including phenoxy) is 1. The van der Waals surface area contributed by atoms with E-state index in [1.54, 1.807) is 0 Å². The van der Waals surface area contributed by atoms with Crippen LogP contribution in [0.4, 0.5) is 0 Å². The monoisotopic (exact) mass is 360 g/mol. The van der Waals surface area contributed by atoms with E-state index < -0.39 is 0 Å². The van der Waals surface area contributed by atoms with E-state index in [0.29, 0.717) is 19.0 Å². The van der Waals surface area contributed by atoms with Crippen LogP contribution in [-0.4, -0.2) is 43.6 Å². The van der Waals surface area contributed by atoms with E-state index in [-0.39, 0.29) is 12.0 Å². The van der Waals surface area contributed by atoms with Gasteiger partial charge in [0.25, 0.3) is 0 Å². The van der Waals surface area contributed by atoms with Crippen LogP contribution in [0.25, 0.3) is 0 Å². The molecule has 0 radical (unpaired) electrons. The van der Waals surface area contributed by atoms with Crippen LogP contribution in [0.1, 0.15) is 45.1 Å². The number of amides is 1. The van der Waals surface area contributed by atoms with Crippen LogP contribution in [0.15, 0.2) is 29.3 Å². The molecule has 26 heavy (non-hydrogen) atoms. The van der Waals surface area contributed by atoms with E-state index in [1.807, 2.05) is 45.0 Å². The fourth-order valence-electron chi connectivity index (χ4n) is 2.50. The Morgan fingerprint density at radius 1 is 1.35 bits per heavy atom. The van der Waals surface area contributed by atoms with Crippen LogP contribution in [0.5, 0.6) is 5.75 Å². The molecule has 2 rings (SSSR count). The Hall–Kier alpha value is -2.24. The minimum Gasteiger partial charge on any atom is -0.489 e. The summed E-state index contributed by atoms with van der Waals surface area (Å²) in [5.74, 6) is 1.78. The van der Waals surface area contributed by atoms with Crippen molar-refractivity contribution in [3.63, 3.8) is 0 Å². The first kappa shape index (κ1) is 20.1. The van der Waals surface area contributed by atoms with Gasteiger partial charge in [-0.15, -0.1) is 0 Å². The fraction of sp³-hybridized carbons (Fsp3) is 0.600. The normalized spacial score (nSPS) is 15.3. The molecule has 0 aromatic heterocycles. The summed E-state index contributed by atoms with van der Waals surface area (Å²) in [6, 6.07) is 8.46. The molecule has 0 saturated heterocycles. The van der Waals surface area contributed by atoms with Crippen molar-refractivity contribution in [1.29, 1.82) is 0 Å². The van der Waals surface area contributed by atoms with Gasteiger partial charge in [0.2, 0.25) is 5.91 Å². The molecule has 1 amide bonds. The van der Waals surface area contributed by atoms with Crippen molar-refractivity contribution in [2.24, 2.45) is 4.99 Å². The zero-order valence-electron chi connectivity index (χ0n) is 16.2. The zero-order valence-corrected chi connectivity index (χ0v) is 16.2. The second-order valence-electron chi connectivity index (χ2n) is 6.84. The quantitative estimate of drug-likeness (QED) is 0.340. The summed E-state index contributed by atoms with van der Waals surface area (Å²) in [5.41, 5.74) is 1.18. The van der Waals surface area contributed by atoms with Crippen molar-refractivity contribution in [3.8, 4) is 5.75 Å². The predicted octanol–water partition coefficient (Wildman–Crippen LogP) is 2.38. The second-order valence-corrected chi connectivity index (χ2v) is 6.84. The number of nitrogens with one attached hydrogen (secondary N) is 3. The Bertz CT molecular complexity index is 599. The van der Waals surface area contributed by atoms with Crippen LogP contribution in [0.3, 0.4) is 0 Å². The Morgan fingerprint density at radius 3 is 2.85 bits per heavy atom. The third-order valence-electron chi connectivity index (χ3n) is 3.99. The first-order valence-corrected chi connectivity index (χ1v) is 9.61. The lowest BCUT2D eigenvalue weighted by Gasteiger charge is -2.15. The van der Waals surface area contributed by atoms with Crippen LogP contribution < -0.4 is 20.7 Å².